The number of aromatic nitrogens is 1. The molecule has 2 atom stereocenters. The van der Waals surface area contributed by atoms with E-state index in [1.165, 1.54) is 10.5 Å². The number of likely N-dealkylation sites (N-methyl/N-ethyl adjacent to an activating group) is 1. The predicted molar refractivity (Wildman–Crippen MR) is 115 cm³/mol. The number of carbonyl (C=O) groups is 2. The van der Waals surface area contributed by atoms with Crippen LogP contribution >= 0.6 is 11.6 Å². The molecule has 2 aliphatic heterocycles. The highest BCUT2D eigenvalue weighted by molar-refractivity contribution is 6.30. The zero-order valence-corrected chi connectivity index (χ0v) is 17.6. The normalized spacial score (nSPS) is 22.0. The molecule has 1 aromatic heterocycles. The summed E-state index contributed by atoms with van der Waals surface area (Å²) in [5, 5.41) is 1.79. The highest BCUT2D eigenvalue weighted by Crippen LogP contribution is 2.41. The number of halogens is 1. The van der Waals surface area contributed by atoms with Gasteiger partial charge in [-0.3, -0.25) is 19.4 Å². The molecule has 6 nitrogen and oxygen atoms in total. The average Bonchev–Trinajstić information content (AvgIpc) is 3.25. The van der Waals surface area contributed by atoms with E-state index in [9.17, 15) is 9.59 Å². The van der Waals surface area contributed by atoms with Crippen LogP contribution in [-0.2, 0) is 16.0 Å². The van der Waals surface area contributed by atoms with Gasteiger partial charge in [0.1, 0.15) is 5.75 Å². The molecular formula is C23H22ClN3O3. The van der Waals surface area contributed by atoms with Crippen molar-refractivity contribution in [1.82, 2.24) is 14.8 Å². The van der Waals surface area contributed by atoms with Gasteiger partial charge in [-0.15, -0.1) is 0 Å². The van der Waals surface area contributed by atoms with Crippen LogP contribution in [0.15, 0.2) is 42.5 Å². The molecule has 1 N–H and O–H groups in total. The van der Waals surface area contributed by atoms with E-state index in [2.05, 4.69) is 16.0 Å². The first-order valence-electron chi connectivity index (χ1n) is 9.98. The molecule has 154 valence electrons. The fourth-order valence-corrected chi connectivity index (χ4v) is 4.87. The minimum atomic E-state index is -0.461. The van der Waals surface area contributed by atoms with Crippen LogP contribution in [0.25, 0.3) is 10.9 Å². The topological polar surface area (TPSA) is 65.6 Å². The molecule has 0 bridgehead atoms. The van der Waals surface area contributed by atoms with Crippen molar-refractivity contribution in [3.63, 3.8) is 0 Å². The summed E-state index contributed by atoms with van der Waals surface area (Å²) in [5.74, 6) is 0.542. The fraction of sp³-hybridized carbons (Fsp3) is 0.304. The van der Waals surface area contributed by atoms with Crippen molar-refractivity contribution >= 4 is 34.3 Å². The molecule has 0 unspecified atom stereocenters. The Hall–Kier alpha value is -2.83. The maximum atomic E-state index is 12.8. The monoisotopic (exact) mass is 423 g/mol. The number of hydrogen-bond donors (Lipinski definition) is 1. The summed E-state index contributed by atoms with van der Waals surface area (Å²) in [6, 6.07) is 13.1. The van der Waals surface area contributed by atoms with E-state index < -0.39 is 6.04 Å². The molecule has 0 saturated carbocycles. The maximum Gasteiger partial charge on any atom is 0.246 e. The number of benzene rings is 2. The first-order chi connectivity index (χ1) is 14.5. The van der Waals surface area contributed by atoms with Crippen molar-refractivity contribution in [1.29, 1.82) is 0 Å². The highest BCUT2D eigenvalue weighted by Gasteiger charge is 2.45. The van der Waals surface area contributed by atoms with Crippen molar-refractivity contribution in [3.8, 4) is 5.75 Å². The number of carbonyl (C=O) groups excluding carboxylic acids is 2. The van der Waals surface area contributed by atoms with Gasteiger partial charge in [-0.1, -0.05) is 23.7 Å². The first kappa shape index (κ1) is 19.2. The van der Waals surface area contributed by atoms with Crippen LogP contribution in [0.3, 0.4) is 0 Å². The average molecular weight is 424 g/mol. The van der Waals surface area contributed by atoms with E-state index in [1.807, 2.05) is 36.4 Å². The van der Waals surface area contributed by atoms with Crippen molar-refractivity contribution in [2.24, 2.45) is 0 Å². The highest BCUT2D eigenvalue weighted by atomic mass is 35.5. The molecule has 0 spiro atoms. The number of fused-ring (bicyclic) bond motifs is 3. The van der Waals surface area contributed by atoms with Gasteiger partial charge in [-0.25, -0.2) is 0 Å². The van der Waals surface area contributed by atoms with Crippen molar-refractivity contribution in [2.75, 3.05) is 20.7 Å². The lowest BCUT2D eigenvalue weighted by Crippen LogP contribution is -2.46. The molecule has 2 aliphatic rings. The third-order valence-electron chi connectivity index (χ3n) is 6.32. The van der Waals surface area contributed by atoms with Gasteiger partial charge in [0.05, 0.1) is 25.6 Å². The van der Waals surface area contributed by atoms with Crippen molar-refractivity contribution < 1.29 is 14.3 Å². The lowest BCUT2D eigenvalue weighted by atomic mass is 9.90. The Balaban J connectivity index is 1.66. The number of likely N-dealkylation sites (tertiary alicyclic amines) is 1. The molecule has 3 heterocycles. The quantitative estimate of drug-likeness (QED) is 0.654. The molecule has 1 fully saturated rings. The Labute approximate surface area is 179 Å². The van der Waals surface area contributed by atoms with E-state index in [0.29, 0.717) is 11.6 Å². The molecule has 7 heteroatoms. The van der Waals surface area contributed by atoms with Crippen LogP contribution in [0.5, 0.6) is 5.75 Å². The molecule has 1 saturated heterocycles. The largest absolute Gasteiger partial charge is 0.497 e. The SMILES string of the molecule is COc1ccc2[nH]c3c(c2c1)CCN([C@H]1CC(=O)N(C)C1=O)[C@@H]3c1ccc(Cl)cc1. The lowest BCUT2D eigenvalue weighted by Gasteiger charge is -2.39. The number of hydrogen-bond acceptors (Lipinski definition) is 4. The third-order valence-corrected chi connectivity index (χ3v) is 6.57. The van der Waals surface area contributed by atoms with Gasteiger partial charge in [0.15, 0.2) is 0 Å². The summed E-state index contributed by atoms with van der Waals surface area (Å²) in [5.41, 5.74) is 4.35. The van der Waals surface area contributed by atoms with E-state index in [-0.39, 0.29) is 24.3 Å². The Morgan fingerprint density at radius 3 is 2.57 bits per heavy atom. The van der Waals surface area contributed by atoms with Gasteiger partial charge in [0.25, 0.3) is 0 Å². The van der Waals surface area contributed by atoms with Crippen LogP contribution in [0.1, 0.15) is 29.3 Å². The van der Waals surface area contributed by atoms with Crippen LogP contribution in [-0.4, -0.2) is 53.3 Å². The Morgan fingerprint density at radius 2 is 1.90 bits per heavy atom. The molecular weight excluding hydrogens is 402 g/mol. The zero-order chi connectivity index (χ0) is 21.0. The third kappa shape index (κ3) is 2.90. The molecule has 30 heavy (non-hydrogen) atoms. The van der Waals surface area contributed by atoms with Gasteiger partial charge in [0.2, 0.25) is 11.8 Å². The van der Waals surface area contributed by atoms with Gasteiger partial charge in [-0.2, -0.15) is 0 Å². The minimum absolute atomic E-state index is 0.132. The predicted octanol–water partition coefficient (Wildman–Crippen LogP) is 3.53. The molecule has 3 aromatic rings. The first-order valence-corrected chi connectivity index (χ1v) is 10.4. The number of H-pyrrole nitrogens is 1. The molecule has 2 aromatic carbocycles. The van der Waals surface area contributed by atoms with E-state index in [1.54, 1.807) is 14.2 Å². The molecule has 2 amide bonds. The number of aromatic amines is 1. The fourth-order valence-electron chi connectivity index (χ4n) is 4.75. The molecule has 5 rings (SSSR count). The second-order valence-electron chi connectivity index (χ2n) is 7.88. The van der Waals surface area contributed by atoms with Gasteiger partial charge >= 0.3 is 0 Å². The maximum absolute atomic E-state index is 12.8. The van der Waals surface area contributed by atoms with E-state index in [4.69, 9.17) is 16.3 Å². The smallest absolute Gasteiger partial charge is 0.246 e. The Kier molecular flexibility index (Phi) is 4.56. The zero-order valence-electron chi connectivity index (χ0n) is 16.8. The molecule has 0 radical (unpaired) electrons. The summed E-state index contributed by atoms with van der Waals surface area (Å²) in [6.07, 6.45) is 0.997. The van der Waals surface area contributed by atoms with E-state index >= 15 is 0 Å². The Morgan fingerprint density at radius 1 is 1.13 bits per heavy atom. The van der Waals surface area contributed by atoms with Gasteiger partial charge < -0.3 is 9.72 Å². The van der Waals surface area contributed by atoms with Gasteiger partial charge in [-0.05, 0) is 47.9 Å². The Bertz CT molecular complexity index is 1150. The summed E-state index contributed by atoms with van der Waals surface area (Å²) in [7, 11) is 3.23. The van der Waals surface area contributed by atoms with Crippen LogP contribution in [0.4, 0.5) is 0 Å². The van der Waals surface area contributed by atoms with Crippen LogP contribution in [0.2, 0.25) is 5.02 Å². The van der Waals surface area contributed by atoms with Crippen molar-refractivity contribution in [3.05, 3.63) is 64.3 Å². The van der Waals surface area contributed by atoms with Crippen molar-refractivity contribution in [2.45, 2.75) is 24.9 Å². The second kappa shape index (κ2) is 7.15. The number of nitrogens with one attached hydrogen (secondary N) is 1. The number of imide groups is 1. The minimum Gasteiger partial charge on any atom is -0.497 e. The van der Waals surface area contributed by atoms with Crippen LogP contribution in [0, 0.1) is 0 Å². The number of methoxy groups -OCH3 is 1. The number of ether oxygens (including phenoxy) is 1. The summed E-state index contributed by atoms with van der Waals surface area (Å²) >= 11 is 6.13. The summed E-state index contributed by atoms with van der Waals surface area (Å²) < 4.78 is 5.42. The lowest BCUT2D eigenvalue weighted by molar-refractivity contribution is -0.138. The standard InChI is InChI=1S/C23H22ClN3O3/c1-26-20(28)12-19(23(26)29)27-10-9-16-17-11-15(30-2)7-8-18(17)25-21(16)22(27)13-3-5-14(24)6-4-13/h3-8,11,19,22,25H,9-10,12H2,1-2H3/t19-,22+/m0/s1. The summed E-state index contributed by atoms with van der Waals surface area (Å²) in [6.45, 7) is 0.683. The number of amides is 2. The van der Waals surface area contributed by atoms with Gasteiger partial charge in [0, 0.05) is 35.2 Å². The second-order valence-corrected chi connectivity index (χ2v) is 8.32. The molecule has 0 aliphatic carbocycles. The number of rotatable bonds is 3. The summed E-state index contributed by atoms with van der Waals surface area (Å²) in [4.78, 5) is 32.0. The van der Waals surface area contributed by atoms with E-state index in [0.717, 1.165) is 34.3 Å². The number of nitrogens with zero attached hydrogens (tertiary/aromatic N) is 2. The van der Waals surface area contributed by atoms with Crippen LogP contribution < -0.4 is 4.74 Å².